The summed E-state index contributed by atoms with van der Waals surface area (Å²) in [7, 11) is 0. The first-order valence-corrected chi connectivity index (χ1v) is 8.92. The Balaban J connectivity index is 1.87. The molecular formula is C19H16Cl2N4O. The van der Waals surface area contributed by atoms with Crippen molar-refractivity contribution in [3.05, 3.63) is 52.5 Å². The van der Waals surface area contributed by atoms with E-state index in [1.54, 1.807) is 6.07 Å². The highest BCUT2D eigenvalue weighted by Gasteiger charge is 2.18. The van der Waals surface area contributed by atoms with E-state index in [9.17, 15) is 5.11 Å². The van der Waals surface area contributed by atoms with Crippen molar-refractivity contribution in [2.45, 2.75) is 19.9 Å². The number of nitrogens with zero attached hydrogens (tertiary/aromatic N) is 3. The third kappa shape index (κ3) is 2.73. The van der Waals surface area contributed by atoms with Gasteiger partial charge in [0.2, 0.25) is 0 Å². The first kappa shape index (κ1) is 16.9. The topological polar surface area (TPSA) is 66.7 Å². The van der Waals surface area contributed by atoms with Crippen LogP contribution in [0.1, 0.15) is 19.9 Å². The van der Waals surface area contributed by atoms with E-state index < -0.39 is 0 Å². The Kier molecular flexibility index (Phi) is 4.13. The summed E-state index contributed by atoms with van der Waals surface area (Å²) in [6.07, 6.45) is 0. The Bertz CT molecular complexity index is 1110. The van der Waals surface area contributed by atoms with Crippen molar-refractivity contribution < 1.29 is 5.11 Å². The fraction of sp³-hybridized carbons (Fsp3) is 0.158. The molecule has 4 aromatic rings. The molecule has 0 unspecified atom stereocenters. The van der Waals surface area contributed by atoms with Crippen LogP contribution in [-0.4, -0.2) is 25.1 Å². The largest absolute Gasteiger partial charge is 0.506 e. The van der Waals surface area contributed by atoms with Crippen molar-refractivity contribution in [1.29, 1.82) is 0 Å². The number of halogens is 2. The van der Waals surface area contributed by atoms with E-state index >= 15 is 0 Å². The smallest absolute Gasteiger partial charge is 0.143 e. The van der Waals surface area contributed by atoms with Crippen molar-refractivity contribution in [3.63, 3.8) is 0 Å². The number of aromatic hydroxyl groups is 1. The minimum Gasteiger partial charge on any atom is -0.506 e. The number of fused-ring (bicyclic) bond motifs is 1. The van der Waals surface area contributed by atoms with Gasteiger partial charge in [-0.15, -0.1) is 0 Å². The molecule has 0 amide bonds. The van der Waals surface area contributed by atoms with Gasteiger partial charge in [0, 0.05) is 22.0 Å². The number of aromatic amines is 1. The maximum absolute atomic E-state index is 10.2. The van der Waals surface area contributed by atoms with E-state index in [0.717, 1.165) is 22.3 Å². The normalized spacial score (nSPS) is 11.6. The molecule has 132 valence electrons. The van der Waals surface area contributed by atoms with Gasteiger partial charge < -0.3 is 5.11 Å². The highest BCUT2D eigenvalue weighted by atomic mass is 35.5. The number of hydrogen-bond donors (Lipinski definition) is 2. The lowest BCUT2D eigenvalue weighted by atomic mass is 10.1. The van der Waals surface area contributed by atoms with Gasteiger partial charge in [-0.25, -0.2) is 0 Å². The zero-order valence-corrected chi connectivity index (χ0v) is 15.7. The van der Waals surface area contributed by atoms with Gasteiger partial charge >= 0.3 is 0 Å². The van der Waals surface area contributed by atoms with E-state index in [0.29, 0.717) is 16.3 Å². The molecule has 26 heavy (non-hydrogen) atoms. The number of hydrogen-bond acceptors (Lipinski definition) is 3. The zero-order valence-electron chi connectivity index (χ0n) is 14.2. The van der Waals surface area contributed by atoms with Gasteiger partial charge in [0.1, 0.15) is 11.4 Å². The van der Waals surface area contributed by atoms with Crippen molar-refractivity contribution in [2.24, 2.45) is 0 Å². The lowest BCUT2D eigenvalue weighted by molar-refractivity contribution is 0.477. The summed E-state index contributed by atoms with van der Waals surface area (Å²) < 4.78 is 1.99. The molecule has 0 aliphatic heterocycles. The second kappa shape index (κ2) is 6.34. The Labute approximate surface area is 160 Å². The number of phenols is 1. The predicted molar refractivity (Wildman–Crippen MR) is 105 cm³/mol. The molecule has 2 heterocycles. The SMILES string of the molecule is CC(C)n1nc(-c2cc(-c3cc(Cl)cc(Cl)c3O)n[nH]2)c2ccccc21. The van der Waals surface area contributed by atoms with Crippen molar-refractivity contribution in [1.82, 2.24) is 20.0 Å². The third-order valence-corrected chi connectivity index (χ3v) is 4.75. The summed E-state index contributed by atoms with van der Waals surface area (Å²) in [5.41, 5.74) is 3.64. The van der Waals surface area contributed by atoms with Crippen LogP contribution in [0.4, 0.5) is 0 Å². The molecule has 2 aromatic heterocycles. The zero-order chi connectivity index (χ0) is 18.4. The Morgan fingerprint density at radius 1 is 1.12 bits per heavy atom. The van der Waals surface area contributed by atoms with Crippen LogP contribution >= 0.6 is 23.2 Å². The van der Waals surface area contributed by atoms with Crippen LogP contribution in [0.15, 0.2) is 42.5 Å². The Hall–Kier alpha value is -2.50. The summed E-state index contributed by atoms with van der Waals surface area (Å²) in [6, 6.07) is 13.2. The molecule has 0 radical (unpaired) electrons. The van der Waals surface area contributed by atoms with Crippen LogP contribution in [0.5, 0.6) is 5.75 Å². The summed E-state index contributed by atoms with van der Waals surface area (Å²) in [5.74, 6) is -0.0494. The van der Waals surface area contributed by atoms with E-state index in [-0.39, 0.29) is 16.8 Å². The van der Waals surface area contributed by atoms with Crippen LogP contribution in [0.2, 0.25) is 10.0 Å². The van der Waals surface area contributed by atoms with E-state index in [1.807, 2.05) is 35.0 Å². The maximum Gasteiger partial charge on any atom is 0.143 e. The average molecular weight is 387 g/mol. The van der Waals surface area contributed by atoms with Crippen LogP contribution in [0.25, 0.3) is 33.5 Å². The van der Waals surface area contributed by atoms with Crippen LogP contribution in [0, 0.1) is 0 Å². The van der Waals surface area contributed by atoms with Gasteiger partial charge in [0.25, 0.3) is 0 Å². The average Bonchev–Trinajstić information content (AvgIpc) is 3.22. The first-order chi connectivity index (χ1) is 12.5. The molecule has 0 fully saturated rings. The fourth-order valence-corrected chi connectivity index (χ4v) is 3.52. The number of benzene rings is 2. The Morgan fingerprint density at radius 2 is 1.88 bits per heavy atom. The molecule has 0 bridgehead atoms. The van der Waals surface area contributed by atoms with Crippen molar-refractivity contribution in [2.75, 3.05) is 0 Å². The molecule has 2 N–H and O–H groups in total. The molecule has 0 spiro atoms. The van der Waals surface area contributed by atoms with Crippen LogP contribution in [-0.2, 0) is 0 Å². The summed E-state index contributed by atoms with van der Waals surface area (Å²) >= 11 is 12.1. The standard InChI is InChI=1S/C19H16Cl2N4O/c1-10(2)25-17-6-4-3-5-12(17)18(24-25)16-9-15(22-23-16)13-7-11(20)8-14(21)19(13)26/h3-10,26H,1-2H3,(H,22,23). The number of rotatable bonds is 3. The van der Waals surface area contributed by atoms with Gasteiger partial charge in [0.05, 0.1) is 21.9 Å². The van der Waals surface area contributed by atoms with Crippen molar-refractivity contribution >= 4 is 34.1 Å². The van der Waals surface area contributed by atoms with Crippen LogP contribution < -0.4 is 0 Å². The minimum atomic E-state index is -0.0494. The maximum atomic E-state index is 10.2. The van der Waals surface area contributed by atoms with E-state index in [2.05, 4.69) is 24.0 Å². The molecule has 5 nitrogen and oxygen atoms in total. The van der Waals surface area contributed by atoms with E-state index in [4.69, 9.17) is 28.3 Å². The molecule has 0 saturated carbocycles. The van der Waals surface area contributed by atoms with Gasteiger partial charge in [0.15, 0.2) is 0 Å². The van der Waals surface area contributed by atoms with Gasteiger partial charge in [-0.1, -0.05) is 41.4 Å². The second-order valence-corrected chi connectivity index (χ2v) is 7.20. The fourth-order valence-electron chi connectivity index (χ4n) is 3.02. The second-order valence-electron chi connectivity index (χ2n) is 6.35. The monoisotopic (exact) mass is 386 g/mol. The van der Waals surface area contributed by atoms with Crippen molar-refractivity contribution in [3.8, 4) is 28.4 Å². The molecule has 0 aliphatic carbocycles. The predicted octanol–water partition coefficient (Wildman–Crippen LogP) is 5.69. The first-order valence-electron chi connectivity index (χ1n) is 8.17. The number of phenolic OH excluding ortho intramolecular Hbond substituents is 1. The molecule has 7 heteroatoms. The number of nitrogens with one attached hydrogen (secondary N) is 1. The Morgan fingerprint density at radius 3 is 2.65 bits per heavy atom. The molecule has 4 rings (SSSR count). The highest BCUT2D eigenvalue weighted by molar-refractivity contribution is 6.36. The molecule has 0 saturated heterocycles. The van der Waals surface area contributed by atoms with Gasteiger partial charge in [-0.2, -0.15) is 10.2 Å². The molecular weight excluding hydrogens is 371 g/mol. The highest BCUT2D eigenvalue weighted by Crippen LogP contribution is 2.38. The lowest BCUT2D eigenvalue weighted by Crippen LogP contribution is -2.02. The van der Waals surface area contributed by atoms with Crippen LogP contribution in [0.3, 0.4) is 0 Å². The summed E-state index contributed by atoms with van der Waals surface area (Å²) in [4.78, 5) is 0. The van der Waals surface area contributed by atoms with E-state index in [1.165, 1.54) is 6.07 Å². The third-order valence-electron chi connectivity index (χ3n) is 4.24. The minimum absolute atomic E-state index is 0.0494. The molecule has 2 aromatic carbocycles. The quantitative estimate of drug-likeness (QED) is 0.475. The summed E-state index contributed by atoms with van der Waals surface area (Å²) in [6.45, 7) is 4.18. The summed E-state index contributed by atoms with van der Waals surface area (Å²) in [5, 5.41) is 24.0. The molecule has 0 aliphatic rings. The lowest BCUT2D eigenvalue weighted by Gasteiger charge is -2.05. The molecule has 0 atom stereocenters. The number of aromatic nitrogens is 4. The van der Waals surface area contributed by atoms with Gasteiger partial charge in [-0.3, -0.25) is 9.78 Å². The number of para-hydroxylation sites is 1. The number of H-pyrrole nitrogens is 1. The van der Waals surface area contributed by atoms with Gasteiger partial charge in [-0.05, 0) is 38.1 Å².